The van der Waals surface area contributed by atoms with Crippen molar-refractivity contribution in [2.24, 2.45) is 13.0 Å². The molecule has 0 amide bonds. The van der Waals surface area contributed by atoms with Crippen LogP contribution in [0.25, 0.3) is 0 Å². The quantitative estimate of drug-likeness (QED) is 0.804. The Balaban J connectivity index is 1.96. The highest BCUT2D eigenvalue weighted by molar-refractivity contribution is 5.85. The molecule has 0 aliphatic heterocycles. The molecule has 0 N–H and O–H groups in total. The van der Waals surface area contributed by atoms with Crippen LogP contribution in [0, 0.1) is 5.92 Å². The third-order valence-corrected chi connectivity index (χ3v) is 3.77. The molecule has 0 saturated heterocycles. The van der Waals surface area contributed by atoms with E-state index in [-0.39, 0.29) is 11.9 Å². The topological polar surface area (TPSA) is 44.1 Å². The van der Waals surface area contributed by atoms with Crippen molar-refractivity contribution in [3.63, 3.8) is 0 Å². The van der Waals surface area contributed by atoms with E-state index in [0.717, 1.165) is 18.5 Å². The van der Waals surface area contributed by atoms with E-state index in [4.69, 9.17) is 4.74 Å². The minimum Gasteiger partial charge on any atom is -0.373 e. The average molecular weight is 250 g/mol. The van der Waals surface area contributed by atoms with Gasteiger partial charge in [-0.2, -0.15) is 5.10 Å². The molecule has 1 fully saturated rings. The highest BCUT2D eigenvalue weighted by Crippen LogP contribution is 2.28. The molecule has 1 aromatic rings. The van der Waals surface area contributed by atoms with Crippen LogP contribution < -0.4 is 0 Å². The highest BCUT2D eigenvalue weighted by Gasteiger charge is 2.29. The summed E-state index contributed by atoms with van der Waals surface area (Å²) in [6.45, 7) is 0. The number of carbonyl (C=O) groups excluding carboxylic acids is 1. The fourth-order valence-electron chi connectivity index (χ4n) is 2.86. The summed E-state index contributed by atoms with van der Waals surface area (Å²) < 4.78 is 7.17. The second-order valence-electron chi connectivity index (χ2n) is 5.18. The fraction of sp³-hybridized carbons (Fsp3) is 0.714. The van der Waals surface area contributed by atoms with E-state index in [1.54, 1.807) is 11.8 Å². The van der Waals surface area contributed by atoms with Crippen LogP contribution in [0.5, 0.6) is 0 Å². The van der Waals surface area contributed by atoms with E-state index >= 15 is 0 Å². The van der Waals surface area contributed by atoms with Gasteiger partial charge in [0.1, 0.15) is 6.10 Å². The van der Waals surface area contributed by atoms with Crippen molar-refractivity contribution in [2.45, 2.75) is 44.6 Å². The van der Waals surface area contributed by atoms with Crippen LogP contribution in [0.2, 0.25) is 0 Å². The maximum atomic E-state index is 12.3. The molecule has 0 spiro atoms. The zero-order chi connectivity index (χ0) is 13.0. The monoisotopic (exact) mass is 250 g/mol. The molecule has 0 radical (unpaired) electrons. The van der Waals surface area contributed by atoms with Gasteiger partial charge in [-0.1, -0.05) is 19.3 Å². The van der Waals surface area contributed by atoms with Crippen LogP contribution in [-0.2, 0) is 23.0 Å². The number of ether oxygens (including phenoxy) is 1. The molecule has 4 heteroatoms. The van der Waals surface area contributed by atoms with Crippen LogP contribution in [0.4, 0.5) is 0 Å². The molecule has 1 aliphatic carbocycles. The number of aromatic nitrogens is 2. The van der Waals surface area contributed by atoms with Crippen molar-refractivity contribution in [1.29, 1.82) is 0 Å². The SMILES string of the molecule is COC(C(=O)Cc1ccn(C)n1)C1CCCCC1. The Morgan fingerprint density at radius 2 is 2.22 bits per heavy atom. The standard InChI is InChI=1S/C14H22N2O2/c1-16-9-8-12(15-16)10-13(17)14(18-2)11-6-4-3-5-7-11/h8-9,11,14H,3-7,10H2,1-2H3. The van der Waals surface area contributed by atoms with Gasteiger partial charge in [0.25, 0.3) is 0 Å². The number of hydrogen-bond donors (Lipinski definition) is 0. The van der Waals surface area contributed by atoms with Crippen molar-refractivity contribution in [1.82, 2.24) is 9.78 Å². The van der Waals surface area contributed by atoms with Crippen LogP contribution in [0.3, 0.4) is 0 Å². The molecule has 0 aromatic carbocycles. The normalized spacial score (nSPS) is 18.8. The Hall–Kier alpha value is -1.16. The van der Waals surface area contributed by atoms with Gasteiger partial charge in [0.2, 0.25) is 0 Å². The first kappa shape index (κ1) is 13.3. The molecule has 1 aliphatic rings. The first-order chi connectivity index (χ1) is 8.70. The number of rotatable bonds is 5. The van der Waals surface area contributed by atoms with Crippen LogP contribution in [-0.4, -0.2) is 28.8 Å². The zero-order valence-electron chi connectivity index (χ0n) is 11.3. The first-order valence-corrected chi connectivity index (χ1v) is 6.74. The van der Waals surface area contributed by atoms with Crippen molar-refractivity contribution < 1.29 is 9.53 Å². The summed E-state index contributed by atoms with van der Waals surface area (Å²) in [4.78, 5) is 12.3. The Bertz CT molecular complexity index is 394. The zero-order valence-corrected chi connectivity index (χ0v) is 11.3. The Labute approximate surface area is 108 Å². The third-order valence-electron chi connectivity index (χ3n) is 3.77. The van der Waals surface area contributed by atoms with Crippen LogP contribution in [0.1, 0.15) is 37.8 Å². The lowest BCUT2D eigenvalue weighted by atomic mass is 9.83. The minimum atomic E-state index is -0.243. The van der Waals surface area contributed by atoms with Gasteiger partial charge in [-0.25, -0.2) is 0 Å². The Morgan fingerprint density at radius 3 is 2.78 bits per heavy atom. The second kappa shape index (κ2) is 6.14. The van der Waals surface area contributed by atoms with E-state index < -0.39 is 0 Å². The Morgan fingerprint density at radius 1 is 1.50 bits per heavy atom. The third kappa shape index (κ3) is 3.19. The van der Waals surface area contributed by atoms with Gasteiger partial charge in [-0.3, -0.25) is 9.48 Å². The van der Waals surface area contributed by atoms with Crippen LogP contribution in [0.15, 0.2) is 12.3 Å². The molecular weight excluding hydrogens is 228 g/mol. The number of methoxy groups -OCH3 is 1. The number of Topliss-reactive ketones (excluding diaryl/α,β-unsaturated/α-hetero) is 1. The fourth-order valence-corrected chi connectivity index (χ4v) is 2.86. The molecule has 1 aromatic heterocycles. The minimum absolute atomic E-state index is 0.170. The number of carbonyl (C=O) groups is 1. The van der Waals surface area contributed by atoms with Gasteiger partial charge in [0.05, 0.1) is 12.1 Å². The lowest BCUT2D eigenvalue weighted by Crippen LogP contribution is -2.34. The summed E-state index contributed by atoms with van der Waals surface area (Å²) >= 11 is 0. The van der Waals surface area contributed by atoms with Gasteiger partial charge >= 0.3 is 0 Å². The number of aryl methyl sites for hydroxylation is 1. The van der Waals surface area contributed by atoms with Gasteiger partial charge < -0.3 is 4.74 Å². The molecule has 4 nitrogen and oxygen atoms in total. The van der Waals surface area contributed by atoms with Crippen molar-refractivity contribution in [3.05, 3.63) is 18.0 Å². The summed E-state index contributed by atoms with van der Waals surface area (Å²) in [6.07, 6.45) is 7.98. The maximum absolute atomic E-state index is 12.3. The molecule has 1 atom stereocenters. The summed E-state index contributed by atoms with van der Waals surface area (Å²) in [5.41, 5.74) is 0.834. The molecule has 0 bridgehead atoms. The lowest BCUT2D eigenvalue weighted by Gasteiger charge is -2.28. The summed E-state index contributed by atoms with van der Waals surface area (Å²) in [5, 5.41) is 4.25. The van der Waals surface area contributed by atoms with E-state index in [1.807, 2.05) is 19.3 Å². The van der Waals surface area contributed by atoms with Gasteiger partial charge in [0.15, 0.2) is 5.78 Å². The molecular formula is C14H22N2O2. The van der Waals surface area contributed by atoms with Crippen molar-refractivity contribution in [2.75, 3.05) is 7.11 Å². The van der Waals surface area contributed by atoms with E-state index in [1.165, 1.54) is 19.3 Å². The number of nitrogens with zero attached hydrogens (tertiary/aromatic N) is 2. The van der Waals surface area contributed by atoms with Crippen LogP contribution >= 0.6 is 0 Å². The predicted molar refractivity (Wildman–Crippen MR) is 69.3 cm³/mol. The number of ketones is 1. The first-order valence-electron chi connectivity index (χ1n) is 6.74. The average Bonchev–Trinajstić information content (AvgIpc) is 2.77. The molecule has 1 saturated carbocycles. The Kier molecular flexibility index (Phi) is 4.53. The predicted octanol–water partition coefficient (Wildman–Crippen LogP) is 2.13. The van der Waals surface area contributed by atoms with Crippen molar-refractivity contribution >= 4 is 5.78 Å². The van der Waals surface area contributed by atoms with E-state index in [0.29, 0.717) is 12.3 Å². The molecule has 1 unspecified atom stereocenters. The van der Waals surface area contributed by atoms with E-state index in [9.17, 15) is 4.79 Å². The molecule has 1 heterocycles. The van der Waals surface area contributed by atoms with Gasteiger partial charge in [0, 0.05) is 20.4 Å². The molecule has 100 valence electrons. The summed E-state index contributed by atoms with van der Waals surface area (Å²) in [6, 6.07) is 1.89. The molecule has 18 heavy (non-hydrogen) atoms. The number of hydrogen-bond acceptors (Lipinski definition) is 3. The van der Waals surface area contributed by atoms with E-state index in [2.05, 4.69) is 5.10 Å². The summed E-state index contributed by atoms with van der Waals surface area (Å²) in [7, 11) is 3.51. The maximum Gasteiger partial charge on any atom is 0.167 e. The highest BCUT2D eigenvalue weighted by atomic mass is 16.5. The smallest absolute Gasteiger partial charge is 0.167 e. The van der Waals surface area contributed by atoms with Gasteiger partial charge in [-0.05, 0) is 24.8 Å². The van der Waals surface area contributed by atoms with Gasteiger partial charge in [-0.15, -0.1) is 0 Å². The second-order valence-corrected chi connectivity index (χ2v) is 5.18. The molecule has 2 rings (SSSR count). The summed E-state index contributed by atoms with van der Waals surface area (Å²) in [5.74, 6) is 0.572. The largest absolute Gasteiger partial charge is 0.373 e. The lowest BCUT2D eigenvalue weighted by molar-refractivity contribution is -0.132. The van der Waals surface area contributed by atoms with Crippen molar-refractivity contribution in [3.8, 4) is 0 Å².